The van der Waals surface area contributed by atoms with E-state index >= 15 is 0 Å². The second-order valence-electron chi connectivity index (χ2n) is 5.81. The van der Waals surface area contributed by atoms with Crippen LogP contribution in [0.25, 0.3) is 0 Å². The SMILES string of the molecule is Cc1ccc(CS(=O)(=O)N2CCCC2C(C)C)cc1. The summed E-state index contributed by atoms with van der Waals surface area (Å²) in [4.78, 5) is 0. The van der Waals surface area contributed by atoms with Gasteiger partial charge < -0.3 is 0 Å². The molecule has 0 saturated carbocycles. The van der Waals surface area contributed by atoms with E-state index in [1.165, 1.54) is 0 Å². The van der Waals surface area contributed by atoms with Crippen molar-refractivity contribution in [1.82, 2.24) is 4.31 Å². The van der Waals surface area contributed by atoms with Gasteiger partial charge in [-0.1, -0.05) is 43.7 Å². The van der Waals surface area contributed by atoms with E-state index < -0.39 is 10.0 Å². The first kappa shape index (κ1) is 14.5. The molecule has 19 heavy (non-hydrogen) atoms. The van der Waals surface area contributed by atoms with Gasteiger partial charge in [0, 0.05) is 12.6 Å². The van der Waals surface area contributed by atoms with Crippen molar-refractivity contribution in [3.8, 4) is 0 Å². The molecule has 1 aromatic carbocycles. The smallest absolute Gasteiger partial charge is 0.212 e. The Labute approximate surface area is 116 Å². The average molecular weight is 281 g/mol. The maximum atomic E-state index is 12.5. The topological polar surface area (TPSA) is 37.4 Å². The zero-order valence-electron chi connectivity index (χ0n) is 12.0. The largest absolute Gasteiger partial charge is 0.218 e. The van der Waals surface area contributed by atoms with Crippen LogP contribution in [0.5, 0.6) is 0 Å². The monoisotopic (exact) mass is 281 g/mol. The molecule has 1 aromatic rings. The number of rotatable bonds is 4. The highest BCUT2D eigenvalue weighted by atomic mass is 32.2. The molecule has 4 heteroatoms. The van der Waals surface area contributed by atoms with Crippen molar-refractivity contribution >= 4 is 10.0 Å². The first-order valence-electron chi connectivity index (χ1n) is 6.95. The number of hydrogen-bond donors (Lipinski definition) is 0. The van der Waals surface area contributed by atoms with Crippen LogP contribution < -0.4 is 0 Å². The van der Waals surface area contributed by atoms with Crippen molar-refractivity contribution in [1.29, 1.82) is 0 Å². The lowest BCUT2D eigenvalue weighted by molar-refractivity contribution is 0.315. The molecule has 0 aromatic heterocycles. The highest BCUT2D eigenvalue weighted by molar-refractivity contribution is 7.88. The second-order valence-corrected chi connectivity index (χ2v) is 7.73. The molecular weight excluding hydrogens is 258 g/mol. The number of aryl methyl sites for hydroxylation is 1. The summed E-state index contributed by atoms with van der Waals surface area (Å²) in [6.07, 6.45) is 1.97. The molecule has 1 saturated heterocycles. The van der Waals surface area contributed by atoms with Gasteiger partial charge in [-0.3, -0.25) is 0 Å². The Morgan fingerprint density at radius 2 is 1.89 bits per heavy atom. The van der Waals surface area contributed by atoms with E-state index in [4.69, 9.17) is 0 Å². The van der Waals surface area contributed by atoms with Crippen molar-refractivity contribution in [2.24, 2.45) is 5.92 Å². The molecule has 0 radical (unpaired) electrons. The lowest BCUT2D eigenvalue weighted by Crippen LogP contribution is -2.39. The molecule has 1 unspecified atom stereocenters. The van der Waals surface area contributed by atoms with Crippen molar-refractivity contribution in [3.05, 3.63) is 35.4 Å². The summed E-state index contributed by atoms with van der Waals surface area (Å²) in [6, 6.07) is 7.93. The minimum absolute atomic E-state index is 0.122. The lowest BCUT2D eigenvalue weighted by Gasteiger charge is -2.27. The zero-order valence-corrected chi connectivity index (χ0v) is 12.8. The molecule has 0 amide bonds. The Morgan fingerprint density at radius 1 is 1.26 bits per heavy atom. The molecule has 0 N–H and O–H groups in total. The number of benzene rings is 1. The third-order valence-electron chi connectivity index (χ3n) is 3.84. The average Bonchev–Trinajstić information content (AvgIpc) is 2.82. The Balaban J connectivity index is 2.16. The van der Waals surface area contributed by atoms with Crippen LogP contribution in [-0.2, 0) is 15.8 Å². The lowest BCUT2D eigenvalue weighted by atomic mass is 10.0. The fourth-order valence-electron chi connectivity index (χ4n) is 2.76. The second kappa shape index (κ2) is 5.63. The Hall–Kier alpha value is -0.870. The molecule has 2 rings (SSSR count). The van der Waals surface area contributed by atoms with Gasteiger partial charge in [-0.15, -0.1) is 0 Å². The van der Waals surface area contributed by atoms with Crippen LogP contribution in [0.1, 0.15) is 37.8 Å². The van der Waals surface area contributed by atoms with E-state index in [2.05, 4.69) is 13.8 Å². The fourth-order valence-corrected chi connectivity index (χ4v) is 4.70. The standard InChI is InChI=1S/C15H23NO2S/c1-12(2)15-5-4-10-16(15)19(17,18)11-14-8-6-13(3)7-9-14/h6-9,12,15H,4-5,10-11H2,1-3H3. The number of sulfonamides is 1. The van der Waals surface area contributed by atoms with Crippen LogP contribution in [0, 0.1) is 12.8 Å². The Bertz CT molecular complexity index is 520. The molecule has 0 bridgehead atoms. The van der Waals surface area contributed by atoms with Gasteiger partial charge in [0.05, 0.1) is 5.75 Å². The van der Waals surface area contributed by atoms with E-state index in [1.54, 1.807) is 4.31 Å². The van der Waals surface area contributed by atoms with E-state index in [1.807, 2.05) is 31.2 Å². The van der Waals surface area contributed by atoms with Crippen molar-refractivity contribution in [2.45, 2.75) is 45.4 Å². The quantitative estimate of drug-likeness (QED) is 0.851. The van der Waals surface area contributed by atoms with Crippen molar-refractivity contribution in [3.63, 3.8) is 0 Å². The normalized spacial score (nSPS) is 21.2. The van der Waals surface area contributed by atoms with Gasteiger partial charge in [0.15, 0.2) is 0 Å². The summed E-state index contributed by atoms with van der Waals surface area (Å²) in [7, 11) is -3.19. The van der Waals surface area contributed by atoms with Crippen LogP contribution in [0.4, 0.5) is 0 Å². The summed E-state index contributed by atoms with van der Waals surface area (Å²) < 4.78 is 26.8. The van der Waals surface area contributed by atoms with Gasteiger partial charge >= 0.3 is 0 Å². The van der Waals surface area contributed by atoms with Crippen LogP contribution in [0.3, 0.4) is 0 Å². The summed E-state index contributed by atoms with van der Waals surface area (Å²) in [5.41, 5.74) is 2.03. The minimum atomic E-state index is -3.19. The molecule has 0 aliphatic carbocycles. The summed E-state index contributed by atoms with van der Waals surface area (Å²) in [5, 5.41) is 0. The highest BCUT2D eigenvalue weighted by Crippen LogP contribution is 2.28. The molecule has 106 valence electrons. The third-order valence-corrected chi connectivity index (χ3v) is 5.71. The maximum Gasteiger partial charge on any atom is 0.218 e. The molecule has 3 nitrogen and oxygen atoms in total. The van der Waals surface area contributed by atoms with E-state index in [0.717, 1.165) is 24.0 Å². The summed E-state index contributed by atoms with van der Waals surface area (Å²) in [5.74, 6) is 0.506. The highest BCUT2D eigenvalue weighted by Gasteiger charge is 2.35. The van der Waals surface area contributed by atoms with Gasteiger partial charge in [0.25, 0.3) is 0 Å². The summed E-state index contributed by atoms with van der Waals surface area (Å²) in [6.45, 7) is 6.89. The zero-order chi connectivity index (χ0) is 14.0. The first-order valence-corrected chi connectivity index (χ1v) is 8.56. The van der Waals surface area contributed by atoms with Crippen LogP contribution in [0.15, 0.2) is 24.3 Å². The van der Waals surface area contributed by atoms with Crippen LogP contribution >= 0.6 is 0 Å². The van der Waals surface area contributed by atoms with Crippen LogP contribution in [0.2, 0.25) is 0 Å². The molecule has 0 spiro atoms. The molecule has 1 heterocycles. The van der Waals surface area contributed by atoms with Gasteiger partial charge in [-0.2, -0.15) is 4.31 Å². The number of hydrogen-bond acceptors (Lipinski definition) is 2. The van der Waals surface area contributed by atoms with Gasteiger partial charge in [0.1, 0.15) is 0 Å². The fraction of sp³-hybridized carbons (Fsp3) is 0.600. The summed E-state index contributed by atoms with van der Waals surface area (Å²) >= 11 is 0. The molecule has 1 aliphatic heterocycles. The first-order chi connectivity index (χ1) is 8.90. The Morgan fingerprint density at radius 3 is 2.47 bits per heavy atom. The third kappa shape index (κ3) is 3.37. The molecular formula is C15H23NO2S. The Kier molecular flexibility index (Phi) is 4.31. The molecule has 1 aliphatic rings. The molecule has 1 atom stereocenters. The van der Waals surface area contributed by atoms with Crippen LogP contribution in [-0.4, -0.2) is 25.3 Å². The van der Waals surface area contributed by atoms with E-state index in [0.29, 0.717) is 12.5 Å². The van der Waals surface area contributed by atoms with Gasteiger partial charge in [-0.05, 0) is 31.2 Å². The van der Waals surface area contributed by atoms with Crippen molar-refractivity contribution < 1.29 is 8.42 Å². The predicted molar refractivity (Wildman–Crippen MR) is 78.4 cm³/mol. The number of nitrogens with zero attached hydrogens (tertiary/aromatic N) is 1. The van der Waals surface area contributed by atoms with E-state index in [-0.39, 0.29) is 11.8 Å². The predicted octanol–water partition coefficient (Wildman–Crippen LogP) is 2.95. The maximum absolute atomic E-state index is 12.5. The minimum Gasteiger partial charge on any atom is -0.212 e. The van der Waals surface area contributed by atoms with Gasteiger partial charge in [-0.25, -0.2) is 8.42 Å². The van der Waals surface area contributed by atoms with Crippen molar-refractivity contribution in [2.75, 3.05) is 6.54 Å². The molecule has 1 fully saturated rings. The van der Waals surface area contributed by atoms with E-state index in [9.17, 15) is 8.42 Å². The van der Waals surface area contributed by atoms with Gasteiger partial charge in [0.2, 0.25) is 10.0 Å².